The number of nitrogens with zero attached hydrogens (tertiary/aromatic N) is 4. The molecule has 3 aliphatic rings. The van der Waals surface area contributed by atoms with Crippen LogP contribution in [0.4, 0.5) is 0 Å². The lowest BCUT2D eigenvalue weighted by molar-refractivity contribution is 0.00414. The molecule has 3 fully saturated rings. The van der Waals surface area contributed by atoms with Crippen molar-refractivity contribution in [3.8, 4) is 0 Å². The van der Waals surface area contributed by atoms with Crippen LogP contribution in [0.3, 0.4) is 0 Å². The molecule has 0 aromatic rings. The molecule has 0 bridgehead atoms. The molecule has 3 rings (SSSR count). The molecule has 0 saturated carbocycles. The number of piperidine rings is 2. The molecule has 3 heterocycles. The number of hydrogen-bond donors (Lipinski definition) is 0. The van der Waals surface area contributed by atoms with E-state index in [0.29, 0.717) is 11.1 Å². The van der Waals surface area contributed by atoms with Gasteiger partial charge in [-0.15, -0.1) is 0 Å². The third-order valence-corrected chi connectivity index (χ3v) is 7.21. The van der Waals surface area contributed by atoms with Crippen molar-refractivity contribution in [2.45, 2.75) is 90.4 Å². The van der Waals surface area contributed by atoms with Crippen LogP contribution >= 0.6 is 0 Å². The molecule has 4 nitrogen and oxygen atoms in total. The summed E-state index contributed by atoms with van der Waals surface area (Å²) in [6, 6.07) is 1.66. The van der Waals surface area contributed by atoms with E-state index in [1.807, 2.05) is 0 Å². The maximum absolute atomic E-state index is 2.81. The van der Waals surface area contributed by atoms with Crippen LogP contribution in [0, 0.1) is 0 Å². The van der Waals surface area contributed by atoms with Gasteiger partial charge < -0.3 is 0 Å². The quantitative estimate of drug-likeness (QED) is 0.746. The van der Waals surface area contributed by atoms with Gasteiger partial charge >= 0.3 is 0 Å². The zero-order valence-electron chi connectivity index (χ0n) is 18.4. The maximum atomic E-state index is 2.81. The van der Waals surface area contributed by atoms with Crippen molar-refractivity contribution < 1.29 is 0 Å². The van der Waals surface area contributed by atoms with Gasteiger partial charge in [-0.1, -0.05) is 0 Å². The first-order chi connectivity index (χ1) is 12.1. The summed E-state index contributed by atoms with van der Waals surface area (Å²) in [7, 11) is 0. The Labute approximate surface area is 162 Å². The molecule has 26 heavy (non-hydrogen) atoms. The summed E-state index contributed by atoms with van der Waals surface area (Å²) in [5.74, 6) is 0. The van der Waals surface area contributed by atoms with Gasteiger partial charge in [-0.25, -0.2) is 0 Å². The lowest BCUT2D eigenvalue weighted by Crippen LogP contribution is -2.58. The zero-order valence-corrected chi connectivity index (χ0v) is 18.4. The van der Waals surface area contributed by atoms with E-state index in [9.17, 15) is 0 Å². The summed E-state index contributed by atoms with van der Waals surface area (Å²) in [6.45, 7) is 24.4. The van der Waals surface area contributed by atoms with Crippen molar-refractivity contribution in [3.63, 3.8) is 0 Å². The first-order valence-corrected chi connectivity index (χ1v) is 11.1. The lowest BCUT2D eigenvalue weighted by atomic mass is 9.95. The Hall–Kier alpha value is -0.160. The highest BCUT2D eigenvalue weighted by Gasteiger charge is 2.34. The van der Waals surface area contributed by atoms with Crippen molar-refractivity contribution in [3.05, 3.63) is 0 Å². The first kappa shape index (κ1) is 20.6. The van der Waals surface area contributed by atoms with Gasteiger partial charge in [-0.3, -0.25) is 19.6 Å². The summed E-state index contributed by atoms with van der Waals surface area (Å²) in [6.07, 6.45) is 5.45. The Morgan fingerprint density at radius 3 is 0.962 bits per heavy atom. The van der Waals surface area contributed by atoms with Crippen LogP contribution in [0.1, 0.15) is 67.2 Å². The molecule has 0 aliphatic carbocycles. The minimum atomic E-state index is 0.339. The van der Waals surface area contributed by atoms with E-state index in [-0.39, 0.29) is 0 Å². The largest absolute Gasteiger partial charge is 0.298 e. The van der Waals surface area contributed by atoms with Crippen molar-refractivity contribution in [2.75, 3.05) is 52.4 Å². The van der Waals surface area contributed by atoms with Gasteiger partial charge in [-0.2, -0.15) is 0 Å². The van der Waals surface area contributed by atoms with E-state index in [4.69, 9.17) is 0 Å². The highest BCUT2D eigenvalue weighted by atomic mass is 15.3. The third kappa shape index (κ3) is 5.01. The fraction of sp³-hybridized carbons (Fsp3) is 1.00. The normalized spacial score (nSPS) is 27.9. The monoisotopic (exact) mass is 364 g/mol. The molecular weight excluding hydrogens is 320 g/mol. The number of hydrogen-bond acceptors (Lipinski definition) is 4. The van der Waals surface area contributed by atoms with Crippen molar-refractivity contribution in [1.82, 2.24) is 19.6 Å². The zero-order chi connectivity index (χ0) is 18.9. The Morgan fingerprint density at radius 2 is 0.731 bits per heavy atom. The van der Waals surface area contributed by atoms with E-state index in [1.54, 1.807) is 0 Å². The summed E-state index contributed by atoms with van der Waals surface area (Å²) in [4.78, 5) is 11.0. The van der Waals surface area contributed by atoms with Crippen LogP contribution in [0.2, 0.25) is 0 Å². The number of likely N-dealkylation sites (tertiary alicyclic amines) is 2. The molecule has 3 saturated heterocycles. The van der Waals surface area contributed by atoms with E-state index < -0.39 is 0 Å². The Bertz CT molecular complexity index is 384. The van der Waals surface area contributed by atoms with Gasteiger partial charge in [0.05, 0.1) is 0 Å². The fourth-order valence-electron chi connectivity index (χ4n) is 5.27. The van der Waals surface area contributed by atoms with Crippen molar-refractivity contribution >= 4 is 0 Å². The standard InChI is InChI=1S/C22H44N4/c1-21(2,3)25-11-7-19(8-12-25)23-15-17-24(18-16-23)20-9-13-26(14-10-20)22(4,5)6/h19-20H,7-18H2,1-6H3. The van der Waals surface area contributed by atoms with Gasteiger partial charge in [0.25, 0.3) is 0 Å². The predicted molar refractivity (Wildman–Crippen MR) is 112 cm³/mol. The second kappa shape index (κ2) is 8.06. The topological polar surface area (TPSA) is 13.0 Å². The van der Waals surface area contributed by atoms with Crippen LogP contribution in [0.15, 0.2) is 0 Å². The molecule has 0 N–H and O–H groups in total. The van der Waals surface area contributed by atoms with E-state index in [0.717, 1.165) is 12.1 Å². The van der Waals surface area contributed by atoms with Crippen LogP contribution in [0.25, 0.3) is 0 Å². The van der Waals surface area contributed by atoms with Gasteiger partial charge in [-0.05, 0) is 67.2 Å². The minimum absolute atomic E-state index is 0.339. The second-order valence-corrected chi connectivity index (χ2v) is 10.9. The highest BCUT2D eigenvalue weighted by Crippen LogP contribution is 2.26. The lowest BCUT2D eigenvalue weighted by Gasteiger charge is -2.48. The predicted octanol–water partition coefficient (Wildman–Crippen LogP) is 3.13. The molecule has 0 aromatic heterocycles. The number of rotatable bonds is 2. The Kier molecular flexibility index (Phi) is 6.38. The fourth-order valence-corrected chi connectivity index (χ4v) is 5.27. The summed E-state index contributed by atoms with van der Waals surface area (Å²) in [5, 5.41) is 0. The Morgan fingerprint density at radius 1 is 0.462 bits per heavy atom. The van der Waals surface area contributed by atoms with Gasteiger partial charge in [0, 0.05) is 75.5 Å². The SMILES string of the molecule is CC(C)(C)N1CCC(N2CCN(C3CCN(C(C)(C)C)CC3)CC2)CC1. The second-order valence-electron chi connectivity index (χ2n) is 10.9. The molecule has 4 heteroatoms. The first-order valence-electron chi connectivity index (χ1n) is 11.1. The molecule has 0 spiro atoms. The van der Waals surface area contributed by atoms with E-state index in [1.165, 1.54) is 78.0 Å². The molecule has 0 radical (unpaired) electrons. The van der Waals surface area contributed by atoms with Crippen LogP contribution in [0.5, 0.6) is 0 Å². The van der Waals surface area contributed by atoms with Crippen LogP contribution in [-0.2, 0) is 0 Å². The van der Waals surface area contributed by atoms with Gasteiger partial charge in [0.2, 0.25) is 0 Å². The molecular formula is C22H44N4. The smallest absolute Gasteiger partial charge is 0.0125 e. The van der Waals surface area contributed by atoms with Crippen molar-refractivity contribution in [2.24, 2.45) is 0 Å². The minimum Gasteiger partial charge on any atom is -0.298 e. The van der Waals surface area contributed by atoms with Crippen molar-refractivity contribution in [1.29, 1.82) is 0 Å². The number of piperazine rings is 1. The van der Waals surface area contributed by atoms with Gasteiger partial charge in [0.1, 0.15) is 0 Å². The van der Waals surface area contributed by atoms with Crippen LogP contribution in [-0.4, -0.2) is 95.1 Å². The summed E-state index contributed by atoms with van der Waals surface area (Å²) < 4.78 is 0. The Balaban J connectivity index is 1.40. The summed E-state index contributed by atoms with van der Waals surface area (Å²) in [5.41, 5.74) is 0.678. The average Bonchev–Trinajstić information content (AvgIpc) is 2.61. The molecule has 0 aromatic carbocycles. The molecule has 0 amide bonds. The molecule has 152 valence electrons. The maximum Gasteiger partial charge on any atom is 0.0125 e. The molecule has 0 unspecified atom stereocenters. The average molecular weight is 365 g/mol. The third-order valence-electron chi connectivity index (χ3n) is 7.21. The molecule has 3 aliphatic heterocycles. The summed E-state index contributed by atoms with van der Waals surface area (Å²) >= 11 is 0. The van der Waals surface area contributed by atoms with Gasteiger partial charge in [0.15, 0.2) is 0 Å². The molecule has 0 atom stereocenters. The van der Waals surface area contributed by atoms with E-state index in [2.05, 4.69) is 61.1 Å². The highest BCUT2D eigenvalue weighted by molar-refractivity contribution is 4.90. The van der Waals surface area contributed by atoms with Crippen LogP contribution < -0.4 is 0 Å². The van der Waals surface area contributed by atoms with E-state index >= 15 is 0 Å².